The van der Waals surface area contributed by atoms with Crippen molar-refractivity contribution in [3.63, 3.8) is 0 Å². The average molecular weight is 584 g/mol. The second kappa shape index (κ2) is 14.6. The fourth-order valence-electron chi connectivity index (χ4n) is 4.25. The van der Waals surface area contributed by atoms with Crippen molar-refractivity contribution in [3.8, 4) is 5.75 Å². The molecule has 0 aliphatic carbocycles. The van der Waals surface area contributed by atoms with E-state index in [1.807, 2.05) is 20.8 Å². The highest BCUT2D eigenvalue weighted by molar-refractivity contribution is 7.92. The molecule has 0 unspecified atom stereocenters. The SMILES string of the molecule is CCOc1ccc(S(=O)(=O)N(CC(=O)N(Cc2ccc(F)cc2)[C@@H](CC)C(=O)NCC(C)C)c2ccccc2)cc1. The Morgan fingerprint density at radius 1 is 0.927 bits per heavy atom. The summed E-state index contributed by atoms with van der Waals surface area (Å²) in [5.74, 6) is -0.607. The number of hydrogen-bond acceptors (Lipinski definition) is 5. The Kier molecular flexibility index (Phi) is 11.3. The van der Waals surface area contributed by atoms with Crippen molar-refractivity contribution >= 4 is 27.5 Å². The van der Waals surface area contributed by atoms with Gasteiger partial charge in [-0.05, 0) is 73.4 Å². The van der Waals surface area contributed by atoms with E-state index in [2.05, 4.69) is 5.32 Å². The Balaban J connectivity index is 2.00. The summed E-state index contributed by atoms with van der Waals surface area (Å²) in [6, 6.07) is 19.1. The lowest BCUT2D eigenvalue weighted by Crippen LogP contribution is -2.52. The minimum atomic E-state index is -4.19. The van der Waals surface area contributed by atoms with Crippen LogP contribution in [0.4, 0.5) is 10.1 Å². The summed E-state index contributed by atoms with van der Waals surface area (Å²) in [5, 5.41) is 2.88. The van der Waals surface area contributed by atoms with E-state index in [-0.39, 0.29) is 23.3 Å². The summed E-state index contributed by atoms with van der Waals surface area (Å²) in [6.45, 7) is 7.86. The molecule has 3 aromatic carbocycles. The van der Waals surface area contributed by atoms with Crippen LogP contribution in [0.15, 0.2) is 83.8 Å². The van der Waals surface area contributed by atoms with Gasteiger partial charge in [-0.15, -0.1) is 0 Å². The molecule has 0 aliphatic rings. The predicted molar refractivity (Wildman–Crippen MR) is 157 cm³/mol. The second-order valence-corrected chi connectivity index (χ2v) is 11.8. The van der Waals surface area contributed by atoms with Crippen molar-refractivity contribution in [3.05, 3.63) is 90.2 Å². The molecule has 0 heterocycles. The molecular weight excluding hydrogens is 545 g/mol. The molecule has 0 spiro atoms. The molecule has 10 heteroatoms. The maximum Gasteiger partial charge on any atom is 0.264 e. The lowest BCUT2D eigenvalue weighted by atomic mass is 10.1. The largest absolute Gasteiger partial charge is 0.494 e. The van der Waals surface area contributed by atoms with Gasteiger partial charge in [0.05, 0.1) is 17.2 Å². The van der Waals surface area contributed by atoms with Crippen LogP contribution in [0.2, 0.25) is 0 Å². The number of anilines is 1. The topological polar surface area (TPSA) is 96.0 Å². The first-order valence-corrected chi connectivity index (χ1v) is 15.1. The Hall–Kier alpha value is -3.92. The molecule has 0 radical (unpaired) electrons. The first-order valence-electron chi connectivity index (χ1n) is 13.7. The van der Waals surface area contributed by atoms with Crippen molar-refractivity contribution in [1.29, 1.82) is 0 Å². The number of halogens is 1. The average Bonchev–Trinajstić information content (AvgIpc) is 2.96. The molecule has 0 aliphatic heterocycles. The highest BCUT2D eigenvalue weighted by Gasteiger charge is 2.33. The van der Waals surface area contributed by atoms with Crippen LogP contribution < -0.4 is 14.4 Å². The van der Waals surface area contributed by atoms with Gasteiger partial charge in [-0.2, -0.15) is 0 Å². The van der Waals surface area contributed by atoms with E-state index in [0.717, 1.165) is 4.31 Å². The van der Waals surface area contributed by atoms with Crippen molar-refractivity contribution in [2.45, 2.75) is 51.6 Å². The van der Waals surface area contributed by atoms with Gasteiger partial charge in [0.25, 0.3) is 10.0 Å². The van der Waals surface area contributed by atoms with Crippen LogP contribution in [0.3, 0.4) is 0 Å². The third-order valence-electron chi connectivity index (χ3n) is 6.38. The van der Waals surface area contributed by atoms with Crippen LogP contribution in [-0.2, 0) is 26.2 Å². The van der Waals surface area contributed by atoms with E-state index in [4.69, 9.17) is 4.74 Å². The van der Waals surface area contributed by atoms with Gasteiger partial charge in [0.15, 0.2) is 0 Å². The molecule has 2 amide bonds. The Morgan fingerprint density at radius 2 is 1.56 bits per heavy atom. The van der Waals surface area contributed by atoms with Gasteiger partial charge in [0, 0.05) is 13.1 Å². The first-order chi connectivity index (χ1) is 19.6. The summed E-state index contributed by atoms with van der Waals surface area (Å²) in [4.78, 5) is 28.6. The molecule has 3 rings (SSSR count). The number of nitrogens with one attached hydrogen (secondary N) is 1. The normalized spacial score (nSPS) is 12.0. The van der Waals surface area contributed by atoms with Gasteiger partial charge in [-0.25, -0.2) is 12.8 Å². The first kappa shape index (κ1) is 31.6. The number of benzene rings is 3. The maximum absolute atomic E-state index is 14.0. The van der Waals surface area contributed by atoms with E-state index in [0.29, 0.717) is 36.6 Å². The zero-order valence-corrected chi connectivity index (χ0v) is 24.7. The Morgan fingerprint density at radius 3 is 2.12 bits per heavy atom. The van der Waals surface area contributed by atoms with Crippen LogP contribution in [0.1, 0.15) is 39.7 Å². The quantitative estimate of drug-likeness (QED) is 0.288. The molecule has 3 aromatic rings. The number of carbonyl (C=O) groups excluding carboxylic acids is 2. The summed E-state index contributed by atoms with van der Waals surface area (Å²) in [5.41, 5.74) is 0.907. The summed E-state index contributed by atoms with van der Waals surface area (Å²) in [7, 11) is -4.19. The van der Waals surface area contributed by atoms with E-state index in [1.165, 1.54) is 29.2 Å². The molecule has 41 heavy (non-hydrogen) atoms. The molecular formula is C31H38FN3O5S. The van der Waals surface area contributed by atoms with Gasteiger partial charge >= 0.3 is 0 Å². The number of rotatable bonds is 14. The fraction of sp³-hybridized carbons (Fsp3) is 0.355. The molecule has 0 fully saturated rings. The highest BCUT2D eigenvalue weighted by atomic mass is 32.2. The Bertz CT molecular complexity index is 1380. The molecule has 1 N–H and O–H groups in total. The molecule has 0 aromatic heterocycles. The third-order valence-corrected chi connectivity index (χ3v) is 8.17. The number of nitrogens with zero attached hydrogens (tertiary/aromatic N) is 2. The molecule has 0 bridgehead atoms. The van der Waals surface area contributed by atoms with Gasteiger partial charge < -0.3 is 15.0 Å². The number of hydrogen-bond donors (Lipinski definition) is 1. The van der Waals surface area contributed by atoms with Crippen molar-refractivity contribution in [2.75, 3.05) is 24.0 Å². The number of carbonyl (C=O) groups is 2. The number of ether oxygens (including phenoxy) is 1. The van der Waals surface area contributed by atoms with Crippen LogP contribution in [0.25, 0.3) is 0 Å². The lowest BCUT2D eigenvalue weighted by molar-refractivity contribution is -0.140. The van der Waals surface area contributed by atoms with Crippen LogP contribution in [0, 0.1) is 11.7 Å². The predicted octanol–water partition coefficient (Wildman–Crippen LogP) is 5.00. The van der Waals surface area contributed by atoms with E-state index >= 15 is 0 Å². The van der Waals surface area contributed by atoms with E-state index < -0.39 is 34.3 Å². The molecule has 1 atom stereocenters. The standard InChI is InChI=1S/C31H38FN3O5S/c1-5-29(31(37)33-20-23(3)4)34(21-24-12-14-25(32)15-13-24)30(36)22-35(26-10-8-7-9-11-26)41(38,39)28-18-16-27(17-19-28)40-6-2/h7-19,23,29H,5-6,20-22H2,1-4H3,(H,33,37)/t29-/m0/s1. The molecule has 0 saturated heterocycles. The lowest BCUT2D eigenvalue weighted by Gasteiger charge is -2.33. The third kappa shape index (κ3) is 8.53. The van der Waals surface area contributed by atoms with Crippen molar-refractivity contribution in [2.24, 2.45) is 5.92 Å². The fourth-order valence-corrected chi connectivity index (χ4v) is 5.67. The smallest absolute Gasteiger partial charge is 0.264 e. The zero-order chi connectivity index (χ0) is 30.0. The molecule has 0 saturated carbocycles. The van der Waals surface area contributed by atoms with E-state index in [9.17, 15) is 22.4 Å². The van der Waals surface area contributed by atoms with E-state index in [1.54, 1.807) is 61.5 Å². The van der Waals surface area contributed by atoms with Gasteiger partial charge in [-0.1, -0.05) is 51.1 Å². The molecule has 8 nitrogen and oxygen atoms in total. The monoisotopic (exact) mass is 583 g/mol. The summed E-state index contributed by atoms with van der Waals surface area (Å²) < 4.78 is 47.9. The number of sulfonamides is 1. The van der Waals surface area contributed by atoms with Gasteiger partial charge in [-0.3, -0.25) is 13.9 Å². The maximum atomic E-state index is 14.0. The van der Waals surface area contributed by atoms with Crippen LogP contribution in [-0.4, -0.2) is 50.9 Å². The zero-order valence-electron chi connectivity index (χ0n) is 23.9. The number of para-hydroxylation sites is 1. The second-order valence-electron chi connectivity index (χ2n) is 9.96. The molecule has 220 valence electrons. The van der Waals surface area contributed by atoms with Gasteiger partial charge in [0.1, 0.15) is 24.2 Å². The van der Waals surface area contributed by atoms with Gasteiger partial charge in [0.2, 0.25) is 11.8 Å². The minimum Gasteiger partial charge on any atom is -0.494 e. The summed E-state index contributed by atoms with van der Waals surface area (Å²) in [6.07, 6.45) is 0.299. The summed E-state index contributed by atoms with van der Waals surface area (Å²) >= 11 is 0. The van der Waals surface area contributed by atoms with Crippen molar-refractivity contribution < 1.29 is 27.1 Å². The number of amides is 2. The highest BCUT2D eigenvalue weighted by Crippen LogP contribution is 2.26. The van der Waals surface area contributed by atoms with Crippen molar-refractivity contribution in [1.82, 2.24) is 10.2 Å². The Labute approximate surface area is 242 Å². The van der Waals surface area contributed by atoms with Crippen LogP contribution >= 0.6 is 0 Å². The van der Waals surface area contributed by atoms with Crippen LogP contribution in [0.5, 0.6) is 5.75 Å². The minimum absolute atomic E-state index is 0.00154.